The van der Waals surface area contributed by atoms with E-state index in [4.69, 9.17) is 4.74 Å². The summed E-state index contributed by atoms with van der Waals surface area (Å²) < 4.78 is 5.23. The summed E-state index contributed by atoms with van der Waals surface area (Å²) in [4.78, 5) is 15.9. The summed E-state index contributed by atoms with van der Waals surface area (Å²) in [6.45, 7) is 4.54. The molecule has 2 saturated heterocycles. The van der Waals surface area contributed by atoms with E-state index in [1.54, 1.807) is 0 Å². The predicted octanol–water partition coefficient (Wildman–Crippen LogP) is -0.268. The van der Waals surface area contributed by atoms with Crippen molar-refractivity contribution in [2.24, 2.45) is 0 Å². The summed E-state index contributed by atoms with van der Waals surface area (Å²) in [7, 11) is 1.95. The maximum Gasteiger partial charge on any atom is 0.320 e. The lowest BCUT2D eigenvalue weighted by Crippen LogP contribution is -2.48. The number of nitrogens with zero attached hydrogens (tertiary/aromatic N) is 2. The number of carbonyl (C=O) groups excluding carboxylic acids is 1. The van der Waals surface area contributed by atoms with Gasteiger partial charge in [-0.05, 0) is 13.5 Å². The molecule has 5 heteroatoms. The lowest BCUT2D eigenvalue weighted by Gasteiger charge is -2.30. The molecule has 0 spiro atoms. The smallest absolute Gasteiger partial charge is 0.320 e. The molecule has 2 rings (SSSR count). The molecule has 0 aromatic heterocycles. The second-order valence-electron chi connectivity index (χ2n) is 4.10. The number of nitrogens with one attached hydrogen (secondary N) is 1. The highest BCUT2D eigenvalue weighted by Crippen LogP contribution is 2.12. The Kier molecular flexibility index (Phi) is 3.43. The fraction of sp³-hybridized carbons (Fsp3) is 0.900. The third-order valence-electron chi connectivity index (χ3n) is 3.15. The van der Waals surface area contributed by atoms with Crippen LogP contribution in [0.5, 0.6) is 0 Å². The first-order chi connectivity index (χ1) is 7.31. The molecule has 2 heterocycles. The first-order valence-corrected chi connectivity index (χ1v) is 5.60. The number of amides is 2. The Balaban J connectivity index is 1.85. The van der Waals surface area contributed by atoms with Crippen LogP contribution in [0.15, 0.2) is 0 Å². The zero-order valence-electron chi connectivity index (χ0n) is 9.24. The molecular weight excluding hydrogens is 194 g/mol. The number of ether oxygens (including phenoxy) is 1. The number of carbonyl (C=O) groups is 1. The SMILES string of the molecule is CNC1CCN(C(=O)N2CCOCC2)C1. The van der Waals surface area contributed by atoms with Crippen LogP contribution >= 0.6 is 0 Å². The molecule has 2 aliphatic rings. The molecule has 0 radical (unpaired) electrons. The number of rotatable bonds is 1. The van der Waals surface area contributed by atoms with Crippen LogP contribution in [0.3, 0.4) is 0 Å². The van der Waals surface area contributed by atoms with E-state index < -0.39 is 0 Å². The highest BCUT2D eigenvalue weighted by atomic mass is 16.5. The largest absolute Gasteiger partial charge is 0.378 e. The number of likely N-dealkylation sites (N-methyl/N-ethyl adjacent to an activating group) is 1. The predicted molar refractivity (Wildman–Crippen MR) is 56.8 cm³/mol. The monoisotopic (exact) mass is 213 g/mol. The molecule has 15 heavy (non-hydrogen) atoms. The van der Waals surface area contributed by atoms with E-state index in [0.29, 0.717) is 19.3 Å². The average Bonchev–Trinajstić information content (AvgIpc) is 2.78. The molecule has 1 atom stereocenters. The van der Waals surface area contributed by atoms with Crippen molar-refractivity contribution in [1.29, 1.82) is 0 Å². The van der Waals surface area contributed by atoms with Gasteiger partial charge in [0.1, 0.15) is 0 Å². The number of likely N-dealkylation sites (tertiary alicyclic amines) is 1. The van der Waals surface area contributed by atoms with Crippen molar-refractivity contribution >= 4 is 6.03 Å². The molecule has 2 aliphatic heterocycles. The Morgan fingerprint density at radius 2 is 2.00 bits per heavy atom. The van der Waals surface area contributed by atoms with Gasteiger partial charge in [-0.15, -0.1) is 0 Å². The van der Waals surface area contributed by atoms with Gasteiger partial charge in [0.05, 0.1) is 13.2 Å². The van der Waals surface area contributed by atoms with Crippen LogP contribution in [0.2, 0.25) is 0 Å². The van der Waals surface area contributed by atoms with Crippen LogP contribution in [0.1, 0.15) is 6.42 Å². The number of morpholine rings is 1. The molecule has 2 amide bonds. The van der Waals surface area contributed by atoms with Gasteiger partial charge in [-0.2, -0.15) is 0 Å². The summed E-state index contributed by atoms with van der Waals surface area (Å²) in [5.74, 6) is 0. The molecular formula is C10H19N3O2. The zero-order valence-corrected chi connectivity index (χ0v) is 9.24. The third kappa shape index (κ3) is 2.41. The van der Waals surface area contributed by atoms with E-state index in [2.05, 4.69) is 5.32 Å². The maximum absolute atomic E-state index is 12.0. The molecule has 0 aromatic carbocycles. The topological polar surface area (TPSA) is 44.8 Å². The van der Waals surface area contributed by atoms with Gasteiger partial charge in [0.25, 0.3) is 0 Å². The van der Waals surface area contributed by atoms with Gasteiger partial charge in [-0.1, -0.05) is 0 Å². The average molecular weight is 213 g/mol. The minimum Gasteiger partial charge on any atom is -0.378 e. The summed E-state index contributed by atoms with van der Waals surface area (Å²) >= 11 is 0. The Labute approximate surface area is 90.4 Å². The van der Waals surface area contributed by atoms with Gasteiger partial charge in [0.15, 0.2) is 0 Å². The zero-order chi connectivity index (χ0) is 10.7. The highest BCUT2D eigenvalue weighted by molar-refractivity contribution is 5.75. The summed E-state index contributed by atoms with van der Waals surface area (Å²) in [5, 5.41) is 3.21. The summed E-state index contributed by atoms with van der Waals surface area (Å²) in [6.07, 6.45) is 1.06. The van der Waals surface area contributed by atoms with E-state index in [9.17, 15) is 4.79 Å². The molecule has 1 unspecified atom stereocenters. The van der Waals surface area contributed by atoms with E-state index in [1.165, 1.54) is 0 Å². The van der Waals surface area contributed by atoms with Crippen LogP contribution < -0.4 is 5.32 Å². The molecule has 0 aliphatic carbocycles. The Hall–Kier alpha value is -0.810. The van der Waals surface area contributed by atoms with Crippen LogP contribution in [0.4, 0.5) is 4.79 Å². The van der Waals surface area contributed by atoms with Crippen LogP contribution in [-0.2, 0) is 4.74 Å². The van der Waals surface area contributed by atoms with Crippen molar-refractivity contribution in [3.05, 3.63) is 0 Å². The van der Waals surface area contributed by atoms with Crippen molar-refractivity contribution in [3.8, 4) is 0 Å². The maximum atomic E-state index is 12.0. The Morgan fingerprint density at radius 3 is 2.60 bits per heavy atom. The van der Waals surface area contributed by atoms with Gasteiger partial charge < -0.3 is 19.9 Å². The second-order valence-corrected chi connectivity index (χ2v) is 4.10. The lowest BCUT2D eigenvalue weighted by molar-refractivity contribution is 0.0450. The molecule has 0 aromatic rings. The van der Waals surface area contributed by atoms with Crippen LogP contribution in [0.25, 0.3) is 0 Å². The number of urea groups is 1. The minimum absolute atomic E-state index is 0.177. The molecule has 86 valence electrons. The third-order valence-corrected chi connectivity index (χ3v) is 3.15. The quantitative estimate of drug-likeness (QED) is 0.652. The van der Waals surface area contributed by atoms with E-state index in [-0.39, 0.29) is 6.03 Å². The molecule has 1 N–H and O–H groups in total. The van der Waals surface area contributed by atoms with Crippen LogP contribution in [-0.4, -0.2) is 68.3 Å². The van der Waals surface area contributed by atoms with Gasteiger partial charge in [-0.25, -0.2) is 4.79 Å². The summed E-state index contributed by atoms with van der Waals surface area (Å²) in [6, 6.07) is 0.644. The van der Waals surface area contributed by atoms with Gasteiger partial charge in [-0.3, -0.25) is 0 Å². The molecule has 2 fully saturated rings. The van der Waals surface area contributed by atoms with Crippen molar-refractivity contribution in [3.63, 3.8) is 0 Å². The normalized spacial score (nSPS) is 27.1. The first-order valence-electron chi connectivity index (χ1n) is 5.60. The Bertz CT molecular complexity index is 229. The van der Waals surface area contributed by atoms with Gasteiger partial charge >= 0.3 is 6.03 Å². The van der Waals surface area contributed by atoms with E-state index >= 15 is 0 Å². The molecule has 0 bridgehead atoms. The highest BCUT2D eigenvalue weighted by Gasteiger charge is 2.28. The van der Waals surface area contributed by atoms with Gasteiger partial charge in [0, 0.05) is 32.2 Å². The first kappa shape index (κ1) is 10.7. The number of hydrogen-bond acceptors (Lipinski definition) is 3. The lowest BCUT2D eigenvalue weighted by atomic mass is 10.3. The fourth-order valence-electron chi connectivity index (χ4n) is 2.12. The van der Waals surface area contributed by atoms with Crippen molar-refractivity contribution in [2.75, 3.05) is 46.4 Å². The van der Waals surface area contributed by atoms with Crippen molar-refractivity contribution < 1.29 is 9.53 Å². The number of hydrogen-bond donors (Lipinski definition) is 1. The second kappa shape index (κ2) is 4.81. The Morgan fingerprint density at radius 1 is 1.27 bits per heavy atom. The van der Waals surface area contributed by atoms with Crippen molar-refractivity contribution in [1.82, 2.24) is 15.1 Å². The standard InChI is InChI=1S/C10H19N3O2/c1-11-9-2-3-13(8-9)10(14)12-4-6-15-7-5-12/h9,11H,2-8H2,1H3. The summed E-state index contributed by atoms with van der Waals surface area (Å²) in [5.41, 5.74) is 0. The van der Waals surface area contributed by atoms with Crippen molar-refractivity contribution in [2.45, 2.75) is 12.5 Å². The molecule has 0 saturated carbocycles. The van der Waals surface area contributed by atoms with E-state index in [1.807, 2.05) is 16.8 Å². The minimum atomic E-state index is 0.177. The van der Waals surface area contributed by atoms with E-state index in [0.717, 1.165) is 32.6 Å². The fourth-order valence-corrected chi connectivity index (χ4v) is 2.12. The molecule has 5 nitrogen and oxygen atoms in total. The van der Waals surface area contributed by atoms with Crippen LogP contribution in [0, 0.1) is 0 Å². The van der Waals surface area contributed by atoms with Gasteiger partial charge in [0.2, 0.25) is 0 Å².